The SMILES string of the molecule is COc1ccc(OC(C)C(=O)Nc2ccc(S(=O)(=O)Nc3ncccn3)cc2)c([N+](=O)[O-])c1. The third-order valence-corrected chi connectivity index (χ3v) is 5.60. The van der Waals surface area contributed by atoms with Crippen molar-refractivity contribution in [2.45, 2.75) is 17.9 Å². The molecule has 1 aromatic heterocycles. The van der Waals surface area contributed by atoms with E-state index in [1.54, 1.807) is 6.07 Å². The van der Waals surface area contributed by atoms with Crippen LogP contribution in [0.5, 0.6) is 11.5 Å². The van der Waals surface area contributed by atoms with Crippen LogP contribution in [-0.4, -0.2) is 42.4 Å². The Hall–Kier alpha value is -4.26. The predicted octanol–water partition coefficient (Wildman–Crippen LogP) is 2.60. The van der Waals surface area contributed by atoms with Crippen LogP contribution in [0.1, 0.15) is 6.92 Å². The number of rotatable bonds is 9. The van der Waals surface area contributed by atoms with Crippen molar-refractivity contribution in [3.8, 4) is 11.5 Å². The molecule has 3 aromatic rings. The van der Waals surface area contributed by atoms with Gasteiger partial charge in [-0.2, -0.15) is 0 Å². The molecule has 12 nitrogen and oxygen atoms in total. The van der Waals surface area contributed by atoms with Gasteiger partial charge in [0.15, 0.2) is 11.9 Å². The van der Waals surface area contributed by atoms with Gasteiger partial charge in [-0.05, 0) is 49.4 Å². The molecule has 1 atom stereocenters. The van der Waals surface area contributed by atoms with Crippen molar-refractivity contribution in [3.05, 3.63) is 71.0 Å². The predicted molar refractivity (Wildman–Crippen MR) is 118 cm³/mol. The van der Waals surface area contributed by atoms with E-state index in [-0.39, 0.29) is 28.0 Å². The molecule has 1 amide bonds. The molecule has 0 saturated heterocycles. The second-order valence-corrected chi connectivity index (χ2v) is 8.22. The average molecular weight is 473 g/mol. The third kappa shape index (κ3) is 5.92. The van der Waals surface area contributed by atoms with E-state index in [0.717, 1.165) is 0 Å². The standard InChI is InChI=1S/C20H19N5O7S/c1-13(32-18-9-6-15(31-2)12-17(18)25(27)28)19(26)23-14-4-7-16(8-5-14)33(29,30)24-20-21-10-3-11-22-20/h3-13H,1-2H3,(H,23,26)(H,21,22,24). The zero-order valence-corrected chi connectivity index (χ0v) is 18.3. The fourth-order valence-electron chi connectivity index (χ4n) is 2.60. The van der Waals surface area contributed by atoms with Gasteiger partial charge in [-0.1, -0.05) is 0 Å². The highest BCUT2D eigenvalue weighted by Crippen LogP contribution is 2.31. The van der Waals surface area contributed by atoms with Gasteiger partial charge < -0.3 is 14.8 Å². The van der Waals surface area contributed by atoms with Crippen molar-refractivity contribution in [2.75, 3.05) is 17.1 Å². The number of ether oxygens (including phenoxy) is 2. The lowest BCUT2D eigenvalue weighted by molar-refractivity contribution is -0.386. The molecule has 3 rings (SSSR count). The number of nitro benzene ring substituents is 1. The Labute approximate surface area is 188 Å². The number of nitrogens with zero attached hydrogens (tertiary/aromatic N) is 3. The van der Waals surface area contributed by atoms with E-state index < -0.39 is 27.0 Å². The highest BCUT2D eigenvalue weighted by Gasteiger charge is 2.22. The number of hydrogen-bond acceptors (Lipinski definition) is 9. The van der Waals surface area contributed by atoms with Crippen LogP contribution in [0.2, 0.25) is 0 Å². The number of methoxy groups -OCH3 is 1. The van der Waals surface area contributed by atoms with Crippen molar-refractivity contribution in [3.63, 3.8) is 0 Å². The number of hydrogen-bond donors (Lipinski definition) is 2. The van der Waals surface area contributed by atoms with E-state index in [2.05, 4.69) is 20.0 Å². The number of benzene rings is 2. The fourth-order valence-corrected chi connectivity index (χ4v) is 3.56. The fraction of sp³-hybridized carbons (Fsp3) is 0.150. The largest absolute Gasteiger partial charge is 0.496 e. The van der Waals surface area contributed by atoms with Crippen LogP contribution in [0, 0.1) is 10.1 Å². The van der Waals surface area contributed by atoms with Crippen LogP contribution in [0.25, 0.3) is 0 Å². The molecular weight excluding hydrogens is 454 g/mol. The summed E-state index contributed by atoms with van der Waals surface area (Å²) in [4.78, 5) is 30.6. The van der Waals surface area contributed by atoms with Crippen molar-refractivity contribution in [1.82, 2.24) is 9.97 Å². The Balaban J connectivity index is 1.66. The number of sulfonamides is 1. The highest BCUT2D eigenvalue weighted by atomic mass is 32.2. The number of carbonyl (C=O) groups excluding carboxylic acids is 1. The minimum atomic E-state index is -3.92. The average Bonchev–Trinajstić information content (AvgIpc) is 2.79. The van der Waals surface area contributed by atoms with Crippen molar-refractivity contribution in [2.24, 2.45) is 0 Å². The van der Waals surface area contributed by atoms with Gasteiger partial charge in [-0.15, -0.1) is 0 Å². The molecule has 33 heavy (non-hydrogen) atoms. The van der Waals surface area contributed by atoms with Gasteiger partial charge in [0.25, 0.3) is 15.9 Å². The van der Waals surface area contributed by atoms with Crippen LogP contribution in [0.15, 0.2) is 65.8 Å². The van der Waals surface area contributed by atoms with E-state index in [1.807, 2.05) is 0 Å². The van der Waals surface area contributed by atoms with Crippen molar-refractivity contribution in [1.29, 1.82) is 0 Å². The summed E-state index contributed by atoms with van der Waals surface area (Å²) in [7, 11) is -2.55. The molecule has 13 heteroatoms. The van der Waals surface area contributed by atoms with E-state index >= 15 is 0 Å². The van der Waals surface area contributed by atoms with Crippen LogP contribution < -0.4 is 19.5 Å². The summed E-state index contributed by atoms with van der Waals surface area (Å²) in [5.74, 6) is -0.492. The molecule has 0 aliphatic carbocycles. The summed E-state index contributed by atoms with van der Waals surface area (Å²) in [6, 6.07) is 10.9. The monoisotopic (exact) mass is 473 g/mol. The molecule has 0 fully saturated rings. The Morgan fingerprint density at radius 2 is 1.79 bits per heavy atom. The summed E-state index contributed by atoms with van der Waals surface area (Å²) in [6.45, 7) is 1.42. The summed E-state index contributed by atoms with van der Waals surface area (Å²) < 4.78 is 37.5. The number of nitrogens with one attached hydrogen (secondary N) is 2. The van der Waals surface area contributed by atoms with Gasteiger partial charge in [0.2, 0.25) is 5.95 Å². The van der Waals surface area contributed by atoms with Crippen LogP contribution in [0.4, 0.5) is 17.3 Å². The van der Waals surface area contributed by atoms with Crippen LogP contribution in [0.3, 0.4) is 0 Å². The topological polar surface area (TPSA) is 163 Å². The Kier molecular flexibility index (Phi) is 7.03. The van der Waals surface area contributed by atoms with Gasteiger partial charge in [0.05, 0.1) is 23.0 Å². The molecule has 0 saturated carbocycles. The third-order valence-electron chi connectivity index (χ3n) is 4.26. The van der Waals surface area contributed by atoms with Gasteiger partial charge >= 0.3 is 5.69 Å². The van der Waals surface area contributed by atoms with Gasteiger partial charge in [0, 0.05) is 18.1 Å². The Morgan fingerprint density at radius 3 is 2.39 bits per heavy atom. The zero-order valence-electron chi connectivity index (χ0n) is 17.5. The summed E-state index contributed by atoms with van der Waals surface area (Å²) in [5, 5.41) is 13.8. The van der Waals surface area contributed by atoms with E-state index in [0.29, 0.717) is 5.69 Å². The van der Waals surface area contributed by atoms with E-state index in [9.17, 15) is 23.3 Å². The van der Waals surface area contributed by atoms with Crippen molar-refractivity contribution >= 4 is 33.3 Å². The quantitative estimate of drug-likeness (QED) is 0.351. The first-order valence-corrected chi connectivity index (χ1v) is 10.9. The smallest absolute Gasteiger partial charge is 0.314 e. The molecule has 1 heterocycles. The molecule has 2 N–H and O–H groups in total. The number of amides is 1. The molecule has 0 aliphatic rings. The van der Waals surface area contributed by atoms with E-state index in [4.69, 9.17) is 9.47 Å². The lowest BCUT2D eigenvalue weighted by Gasteiger charge is -2.15. The molecule has 0 spiro atoms. The van der Waals surface area contributed by atoms with Crippen LogP contribution >= 0.6 is 0 Å². The van der Waals surface area contributed by atoms with Gasteiger partial charge in [-0.3, -0.25) is 14.9 Å². The minimum Gasteiger partial charge on any atom is -0.496 e. The molecule has 0 radical (unpaired) electrons. The minimum absolute atomic E-state index is 0.0638. The number of carbonyl (C=O) groups is 1. The second-order valence-electron chi connectivity index (χ2n) is 6.54. The maximum Gasteiger partial charge on any atom is 0.314 e. The summed E-state index contributed by atoms with van der Waals surface area (Å²) in [6.07, 6.45) is 1.71. The second kappa shape index (κ2) is 9.91. The Morgan fingerprint density at radius 1 is 1.12 bits per heavy atom. The van der Waals surface area contributed by atoms with Crippen molar-refractivity contribution < 1.29 is 27.6 Å². The van der Waals surface area contributed by atoms with Crippen LogP contribution in [-0.2, 0) is 14.8 Å². The number of aromatic nitrogens is 2. The van der Waals surface area contributed by atoms with Gasteiger partial charge in [-0.25, -0.2) is 23.1 Å². The molecule has 172 valence electrons. The summed E-state index contributed by atoms with van der Waals surface area (Å²) >= 11 is 0. The first kappa shape index (κ1) is 23.4. The van der Waals surface area contributed by atoms with Gasteiger partial charge in [0.1, 0.15) is 5.75 Å². The zero-order chi connectivity index (χ0) is 24.0. The molecule has 0 aliphatic heterocycles. The summed E-state index contributed by atoms with van der Waals surface area (Å²) in [5.41, 5.74) is -0.0481. The number of anilines is 2. The molecule has 0 bridgehead atoms. The lowest BCUT2D eigenvalue weighted by Crippen LogP contribution is -2.30. The van der Waals surface area contributed by atoms with E-state index in [1.165, 1.54) is 68.9 Å². The molecule has 2 aromatic carbocycles. The highest BCUT2D eigenvalue weighted by molar-refractivity contribution is 7.92. The molecular formula is C20H19N5O7S. The molecule has 1 unspecified atom stereocenters. The normalized spacial score (nSPS) is 11.8. The number of nitro groups is 1. The Bertz CT molecular complexity index is 1250. The lowest BCUT2D eigenvalue weighted by atomic mass is 10.2. The first-order valence-electron chi connectivity index (χ1n) is 9.39. The first-order chi connectivity index (χ1) is 15.7. The maximum absolute atomic E-state index is 12.5. The maximum atomic E-state index is 12.5.